The molecule has 0 aliphatic carbocycles. The van der Waals surface area contributed by atoms with Gasteiger partial charge in [0, 0.05) is 13.8 Å². The molecule has 1 N–H and O–H groups in total. The summed E-state index contributed by atoms with van der Waals surface area (Å²) in [7, 11) is 2.74. The van der Waals surface area contributed by atoms with Crippen molar-refractivity contribution >= 4 is 18.0 Å². The fourth-order valence-electron chi connectivity index (χ4n) is 1.94. The number of hydrogen-bond donors (Lipinski definition) is 1. The summed E-state index contributed by atoms with van der Waals surface area (Å²) in [5.74, 6) is -2.76. The second-order valence-corrected chi connectivity index (χ2v) is 5.01. The minimum Gasteiger partial charge on any atom is -0.502 e. The number of cyclic esters (lactones) is 2. The predicted molar refractivity (Wildman–Crippen MR) is 75.5 cm³/mol. The smallest absolute Gasteiger partial charge is 0.348 e. The first-order valence-corrected chi connectivity index (χ1v) is 6.41. The van der Waals surface area contributed by atoms with Gasteiger partial charge < -0.3 is 24.1 Å². The summed E-state index contributed by atoms with van der Waals surface area (Å²) < 4.78 is 20.0. The molecule has 0 spiro atoms. The van der Waals surface area contributed by atoms with Gasteiger partial charge in [0.25, 0.3) is 5.79 Å². The third-order valence-electron chi connectivity index (χ3n) is 2.93. The molecule has 1 aliphatic heterocycles. The average Bonchev–Trinajstić information content (AvgIpc) is 2.43. The molecule has 2 rings (SSSR count). The zero-order valence-electron chi connectivity index (χ0n) is 12.6. The molecule has 0 amide bonds. The quantitative estimate of drug-likeness (QED) is 0.515. The fraction of sp³-hybridized carbons (Fsp3) is 0.333. The third kappa shape index (κ3) is 2.98. The first-order valence-electron chi connectivity index (χ1n) is 6.41. The molecule has 1 fully saturated rings. The Bertz CT molecular complexity index is 611. The van der Waals surface area contributed by atoms with Crippen molar-refractivity contribution in [3.05, 3.63) is 23.3 Å². The lowest BCUT2D eigenvalue weighted by Crippen LogP contribution is -2.41. The van der Waals surface area contributed by atoms with Crippen molar-refractivity contribution in [2.24, 2.45) is 0 Å². The Morgan fingerprint density at radius 2 is 1.50 bits per heavy atom. The number of benzene rings is 1. The van der Waals surface area contributed by atoms with Gasteiger partial charge >= 0.3 is 11.9 Å². The Morgan fingerprint density at radius 1 is 1.05 bits per heavy atom. The molecule has 0 bridgehead atoms. The van der Waals surface area contributed by atoms with Crippen LogP contribution >= 0.6 is 0 Å². The predicted octanol–water partition coefficient (Wildman–Crippen LogP) is 1.63. The highest BCUT2D eigenvalue weighted by molar-refractivity contribution is 6.18. The van der Waals surface area contributed by atoms with Crippen LogP contribution < -0.4 is 9.47 Å². The van der Waals surface area contributed by atoms with Gasteiger partial charge in [-0.05, 0) is 23.8 Å². The Kier molecular flexibility index (Phi) is 3.99. The van der Waals surface area contributed by atoms with Crippen molar-refractivity contribution in [1.29, 1.82) is 0 Å². The fourth-order valence-corrected chi connectivity index (χ4v) is 1.94. The molecule has 0 radical (unpaired) electrons. The van der Waals surface area contributed by atoms with Crippen molar-refractivity contribution in [1.82, 2.24) is 0 Å². The van der Waals surface area contributed by atoms with Crippen molar-refractivity contribution in [2.45, 2.75) is 19.6 Å². The van der Waals surface area contributed by atoms with Crippen molar-refractivity contribution in [2.75, 3.05) is 14.2 Å². The van der Waals surface area contributed by atoms with Crippen LogP contribution in [-0.2, 0) is 19.1 Å². The van der Waals surface area contributed by atoms with Crippen LogP contribution in [0.3, 0.4) is 0 Å². The van der Waals surface area contributed by atoms with Crippen LogP contribution in [0.5, 0.6) is 17.2 Å². The van der Waals surface area contributed by atoms with Crippen molar-refractivity contribution < 1.29 is 33.6 Å². The topological polar surface area (TPSA) is 91.3 Å². The molecule has 118 valence electrons. The normalized spacial score (nSPS) is 16.6. The Hall–Kier alpha value is -2.70. The highest BCUT2D eigenvalue weighted by Gasteiger charge is 2.38. The van der Waals surface area contributed by atoms with Gasteiger partial charge in [0.05, 0.1) is 14.2 Å². The van der Waals surface area contributed by atoms with E-state index in [4.69, 9.17) is 18.9 Å². The molecule has 1 aliphatic rings. The number of methoxy groups -OCH3 is 2. The Balaban J connectivity index is 2.45. The second-order valence-electron chi connectivity index (χ2n) is 5.01. The molecule has 1 saturated heterocycles. The van der Waals surface area contributed by atoms with Crippen molar-refractivity contribution in [3.63, 3.8) is 0 Å². The molecule has 0 unspecified atom stereocenters. The van der Waals surface area contributed by atoms with E-state index in [0.717, 1.165) is 0 Å². The highest BCUT2D eigenvalue weighted by Crippen LogP contribution is 2.38. The minimum atomic E-state index is -1.30. The van der Waals surface area contributed by atoms with Crippen LogP contribution in [0.15, 0.2) is 17.7 Å². The van der Waals surface area contributed by atoms with E-state index in [2.05, 4.69) is 0 Å². The molecule has 22 heavy (non-hydrogen) atoms. The van der Waals surface area contributed by atoms with Gasteiger partial charge in [-0.3, -0.25) is 0 Å². The largest absolute Gasteiger partial charge is 0.502 e. The summed E-state index contributed by atoms with van der Waals surface area (Å²) in [6.45, 7) is 2.93. The number of carbonyl (C=O) groups excluding carboxylic acids is 2. The van der Waals surface area contributed by atoms with Gasteiger partial charge in [-0.25, -0.2) is 9.59 Å². The lowest BCUT2D eigenvalue weighted by molar-refractivity contribution is -0.222. The minimum absolute atomic E-state index is 0.143. The standard InChI is InChI=1S/C15H16O7/c1-15(2)21-13(17)9(14(18)22-15)5-8-6-10(19-3)12(16)11(7-8)20-4/h5-7,16H,1-4H3. The van der Waals surface area contributed by atoms with Gasteiger partial charge in [0.2, 0.25) is 5.75 Å². The molecule has 0 aromatic heterocycles. The number of ether oxygens (including phenoxy) is 4. The van der Waals surface area contributed by atoms with Gasteiger partial charge in [0.15, 0.2) is 11.5 Å². The number of esters is 2. The zero-order valence-corrected chi connectivity index (χ0v) is 12.6. The number of aromatic hydroxyl groups is 1. The maximum atomic E-state index is 11.9. The lowest BCUT2D eigenvalue weighted by Gasteiger charge is -2.29. The van der Waals surface area contributed by atoms with E-state index in [1.165, 1.54) is 46.3 Å². The maximum Gasteiger partial charge on any atom is 0.348 e. The van der Waals surface area contributed by atoms with Crippen LogP contribution in [0.25, 0.3) is 6.08 Å². The van der Waals surface area contributed by atoms with Gasteiger partial charge in [-0.2, -0.15) is 0 Å². The highest BCUT2D eigenvalue weighted by atomic mass is 16.7. The number of phenolic OH excluding ortho intramolecular Hbond substituents is 1. The Morgan fingerprint density at radius 3 is 1.91 bits per heavy atom. The van der Waals surface area contributed by atoms with E-state index in [9.17, 15) is 14.7 Å². The molecule has 0 atom stereocenters. The first kappa shape index (κ1) is 15.7. The zero-order chi connectivity index (χ0) is 16.5. The van der Waals surface area contributed by atoms with Crippen LogP contribution in [-0.4, -0.2) is 37.1 Å². The van der Waals surface area contributed by atoms with Crippen LogP contribution in [0.1, 0.15) is 19.4 Å². The summed E-state index contributed by atoms with van der Waals surface area (Å²) >= 11 is 0. The summed E-state index contributed by atoms with van der Waals surface area (Å²) in [6.07, 6.45) is 1.28. The number of hydrogen-bond acceptors (Lipinski definition) is 7. The summed E-state index contributed by atoms with van der Waals surface area (Å²) in [5, 5.41) is 9.84. The van der Waals surface area contributed by atoms with Crippen LogP contribution in [0.4, 0.5) is 0 Å². The number of rotatable bonds is 3. The molecule has 1 heterocycles. The molecule has 7 nitrogen and oxygen atoms in total. The molecule has 0 saturated carbocycles. The Labute approximate surface area is 127 Å². The maximum absolute atomic E-state index is 11.9. The summed E-state index contributed by atoms with van der Waals surface area (Å²) in [6, 6.07) is 2.90. The average molecular weight is 308 g/mol. The summed E-state index contributed by atoms with van der Waals surface area (Å²) in [5.41, 5.74) is 0.157. The molecular weight excluding hydrogens is 292 g/mol. The first-order chi connectivity index (χ1) is 10.3. The SMILES string of the molecule is COc1cc(C=C2C(=O)OC(C)(C)OC2=O)cc(OC)c1O. The van der Waals surface area contributed by atoms with E-state index in [-0.39, 0.29) is 22.8 Å². The van der Waals surface area contributed by atoms with Crippen LogP contribution in [0, 0.1) is 0 Å². The lowest BCUT2D eigenvalue weighted by atomic mass is 10.1. The van der Waals surface area contributed by atoms with E-state index in [1.807, 2.05) is 0 Å². The summed E-state index contributed by atoms with van der Waals surface area (Å²) in [4.78, 5) is 23.8. The monoisotopic (exact) mass is 308 g/mol. The molecule has 1 aromatic rings. The van der Waals surface area contributed by atoms with Crippen molar-refractivity contribution in [3.8, 4) is 17.2 Å². The van der Waals surface area contributed by atoms with E-state index < -0.39 is 17.7 Å². The third-order valence-corrected chi connectivity index (χ3v) is 2.93. The number of carbonyl (C=O) groups is 2. The molecule has 7 heteroatoms. The van der Waals surface area contributed by atoms with Gasteiger partial charge in [-0.15, -0.1) is 0 Å². The van der Waals surface area contributed by atoms with E-state index >= 15 is 0 Å². The van der Waals surface area contributed by atoms with E-state index in [1.54, 1.807) is 0 Å². The van der Waals surface area contributed by atoms with Gasteiger partial charge in [0.1, 0.15) is 5.57 Å². The number of phenols is 1. The van der Waals surface area contributed by atoms with Crippen LogP contribution in [0.2, 0.25) is 0 Å². The molecular formula is C15H16O7. The molecule has 1 aromatic carbocycles. The van der Waals surface area contributed by atoms with Gasteiger partial charge in [-0.1, -0.05) is 0 Å². The van der Waals surface area contributed by atoms with E-state index in [0.29, 0.717) is 5.56 Å². The second kappa shape index (κ2) is 5.59.